The highest BCUT2D eigenvalue weighted by molar-refractivity contribution is 9.10. The van der Waals surface area contributed by atoms with Crippen molar-refractivity contribution in [2.45, 2.75) is 223 Å². The number of methoxy groups -OCH3 is 3. The van der Waals surface area contributed by atoms with Crippen molar-refractivity contribution in [1.29, 1.82) is 0 Å². The van der Waals surface area contributed by atoms with Gasteiger partial charge in [0.1, 0.15) is 24.0 Å². The van der Waals surface area contributed by atoms with Gasteiger partial charge in [0.05, 0.1) is 24.4 Å². The van der Waals surface area contributed by atoms with Crippen LogP contribution in [0.15, 0.2) is 36.0 Å². The average molecular weight is 1020 g/mol. The fraction of sp³-hybridized carbons (Fsp3) is 0.811. The Balaban J connectivity index is 1.97. The van der Waals surface area contributed by atoms with Crippen molar-refractivity contribution in [1.82, 2.24) is 4.90 Å². The number of nitrogens with zero attached hydrogens (tertiary/aromatic N) is 1. The number of esters is 1. The second kappa shape index (κ2) is 24.9. The molecule has 0 aromatic rings. The summed E-state index contributed by atoms with van der Waals surface area (Å²) in [5.41, 5.74) is 2.45. The highest BCUT2D eigenvalue weighted by Gasteiger charge is 2.57. The molecule has 4 rings (SSSR count). The van der Waals surface area contributed by atoms with Gasteiger partial charge < -0.3 is 38.1 Å². The van der Waals surface area contributed by atoms with E-state index in [4.69, 9.17) is 28.1 Å². The summed E-state index contributed by atoms with van der Waals surface area (Å²) < 4.78 is 38.1. The summed E-state index contributed by atoms with van der Waals surface area (Å²) in [5, 5.41) is 12.3. The highest BCUT2D eigenvalue weighted by Crippen LogP contribution is 2.46. The lowest BCUT2D eigenvalue weighted by Gasteiger charge is -2.47. The summed E-state index contributed by atoms with van der Waals surface area (Å²) in [6.45, 7) is 27.3. The van der Waals surface area contributed by atoms with Gasteiger partial charge in [-0.3, -0.25) is 14.4 Å². The number of rotatable bonds is 12. The Morgan fingerprint density at radius 2 is 1.55 bits per heavy atom. The second-order valence-electron chi connectivity index (χ2n) is 21.7. The number of Topliss-reactive ketones (excluding diaryl/α,β-unsaturated/α-hetero) is 2. The molecule has 1 amide bonds. The summed E-state index contributed by atoms with van der Waals surface area (Å²) >= 11 is 4.08. The Labute approximate surface area is 413 Å². The van der Waals surface area contributed by atoms with Gasteiger partial charge >= 0.3 is 5.97 Å². The van der Waals surface area contributed by atoms with Gasteiger partial charge in [0, 0.05) is 56.4 Å². The van der Waals surface area contributed by atoms with Crippen molar-refractivity contribution in [2.24, 2.45) is 23.7 Å². The zero-order valence-electron chi connectivity index (χ0n) is 43.6. The molecule has 13 unspecified atom stereocenters. The predicted molar refractivity (Wildman–Crippen MR) is 269 cm³/mol. The molecule has 2 saturated heterocycles. The van der Waals surface area contributed by atoms with Crippen LogP contribution in [0.1, 0.15) is 153 Å². The molecule has 0 aromatic heterocycles. The van der Waals surface area contributed by atoms with Crippen LogP contribution in [0.3, 0.4) is 0 Å². The zero-order chi connectivity index (χ0) is 50.2. The summed E-state index contributed by atoms with van der Waals surface area (Å²) in [4.78, 5) is 60.5. The van der Waals surface area contributed by atoms with Crippen molar-refractivity contribution >= 4 is 47.7 Å². The molecule has 3 aliphatic heterocycles. The van der Waals surface area contributed by atoms with Gasteiger partial charge in [-0.15, -0.1) is 6.58 Å². The summed E-state index contributed by atoms with van der Waals surface area (Å²) in [6.07, 6.45) is 9.30. The molecular formula is C53H88BrNO11Si. The maximum absolute atomic E-state index is 15.0. The summed E-state index contributed by atoms with van der Waals surface area (Å²) in [6, 6.07) is -1.11. The molecule has 13 atom stereocenters. The molecular weight excluding hydrogens is 935 g/mol. The zero-order valence-corrected chi connectivity index (χ0v) is 46.2. The Bertz CT molecular complexity index is 1750. The van der Waals surface area contributed by atoms with Gasteiger partial charge in [-0.05, 0) is 113 Å². The van der Waals surface area contributed by atoms with Gasteiger partial charge in [-0.1, -0.05) is 102 Å². The van der Waals surface area contributed by atoms with Crippen molar-refractivity contribution in [3.63, 3.8) is 0 Å². The van der Waals surface area contributed by atoms with Crippen LogP contribution < -0.4 is 0 Å². The minimum absolute atomic E-state index is 0.0250. The van der Waals surface area contributed by atoms with Crippen LogP contribution in [0.4, 0.5) is 0 Å². The lowest BCUT2D eigenvalue weighted by atomic mass is 9.82. The fourth-order valence-electron chi connectivity index (χ4n) is 12.2. The topological polar surface area (TPSA) is 147 Å². The predicted octanol–water partition coefficient (Wildman–Crippen LogP) is 10.4. The normalized spacial score (nSPS) is 36.4. The molecule has 1 saturated carbocycles. The molecule has 1 aliphatic carbocycles. The lowest BCUT2D eigenvalue weighted by Crippen LogP contribution is -2.64. The highest BCUT2D eigenvalue weighted by atomic mass is 79.9. The molecule has 0 aromatic carbocycles. The molecule has 67 heavy (non-hydrogen) atoms. The molecule has 0 spiro atoms. The first-order valence-electron chi connectivity index (χ1n) is 25.3. The molecule has 382 valence electrons. The number of ketones is 2. The van der Waals surface area contributed by atoms with E-state index in [9.17, 15) is 14.7 Å². The standard InChI is InChI=1S/C53H88BrNO11Si/c1-16-20-40-26-35(8)25-36(9)27-45(62-14)48-46(63-15)28-38(11)53(60,65-48)49(57)50(58)55-24-18-17-22-42(55)51(59)64-47(37(10)30-52(54)23-19-21-41(31-52)61-13)39(12)44(29-43(40)56)66-67(32(2)3,33(4)5)34(6)7/h16,26,30,32-34,36,38-42,44-48,60H,1,17-25,27-29,31H2,2-15H3. The third-order valence-corrected chi connectivity index (χ3v) is 22.9. The van der Waals surface area contributed by atoms with Crippen LogP contribution in [0.2, 0.25) is 16.6 Å². The van der Waals surface area contributed by atoms with Crippen LogP contribution in [-0.4, -0.2) is 122 Å². The molecule has 0 radical (unpaired) electrons. The number of alkyl halides is 1. The van der Waals surface area contributed by atoms with Crippen LogP contribution in [0.25, 0.3) is 0 Å². The maximum atomic E-state index is 15.0. The molecule has 3 heterocycles. The van der Waals surface area contributed by atoms with E-state index < -0.39 is 90.4 Å². The number of cyclic esters (lactones) is 1. The van der Waals surface area contributed by atoms with E-state index in [2.05, 4.69) is 83.1 Å². The minimum Gasteiger partial charge on any atom is -0.456 e. The molecule has 1 N–H and O–H groups in total. The molecule has 12 nitrogen and oxygen atoms in total. The largest absolute Gasteiger partial charge is 0.456 e. The Hall–Kier alpha value is -2.04. The van der Waals surface area contributed by atoms with E-state index >= 15 is 9.59 Å². The third kappa shape index (κ3) is 13.5. The average Bonchev–Trinajstić information content (AvgIpc) is 3.27. The SMILES string of the molecule is C=CCC1C=C(C)CC(C)CC(OC)C2OC(O)(C(=O)C(=O)N3CCCCC3C(=O)OC(C(C)=CC3(Br)CCCC(OC)C3)C(C)C(O[Si](C(C)C)(C(C)C)C(C)C)CC1=O)C(C)CC2OC. The Morgan fingerprint density at radius 1 is 0.925 bits per heavy atom. The van der Waals surface area contributed by atoms with Gasteiger partial charge in [0.2, 0.25) is 14.1 Å². The molecule has 4 aliphatic rings. The first kappa shape index (κ1) is 57.5. The molecule has 2 bridgehead atoms. The number of carbonyl (C=O) groups is 4. The van der Waals surface area contributed by atoms with Crippen molar-refractivity contribution < 1.29 is 52.4 Å². The minimum atomic E-state index is -2.66. The monoisotopic (exact) mass is 1020 g/mol. The fourth-order valence-corrected chi connectivity index (χ4v) is 18.9. The summed E-state index contributed by atoms with van der Waals surface area (Å²) in [5.74, 6) is -7.02. The number of halogens is 1. The van der Waals surface area contributed by atoms with Crippen LogP contribution in [0.5, 0.6) is 0 Å². The van der Waals surface area contributed by atoms with Crippen LogP contribution in [0, 0.1) is 23.7 Å². The van der Waals surface area contributed by atoms with E-state index in [-0.39, 0.29) is 60.2 Å². The maximum Gasteiger partial charge on any atom is 0.329 e. The first-order chi connectivity index (χ1) is 31.4. The second-order valence-corrected chi connectivity index (χ2v) is 28.7. The number of allylic oxidation sites excluding steroid dienone is 4. The number of hydrogen-bond acceptors (Lipinski definition) is 11. The van der Waals surface area contributed by atoms with Crippen molar-refractivity contribution in [2.75, 3.05) is 27.9 Å². The van der Waals surface area contributed by atoms with Crippen molar-refractivity contribution in [3.8, 4) is 0 Å². The quantitative estimate of drug-likeness (QED) is 0.0655. The molecule has 3 fully saturated rings. The van der Waals surface area contributed by atoms with Gasteiger partial charge in [0.25, 0.3) is 11.7 Å². The first-order valence-corrected chi connectivity index (χ1v) is 28.3. The van der Waals surface area contributed by atoms with Crippen LogP contribution in [-0.2, 0) is 47.3 Å². The van der Waals surface area contributed by atoms with E-state index in [1.54, 1.807) is 34.3 Å². The van der Waals surface area contributed by atoms with E-state index in [1.807, 2.05) is 20.8 Å². The molecule has 14 heteroatoms. The third-order valence-electron chi connectivity index (χ3n) is 15.8. The number of piperidine rings is 1. The lowest BCUT2D eigenvalue weighted by molar-refractivity contribution is -0.302. The smallest absolute Gasteiger partial charge is 0.329 e. The van der Waals surface area contributed by atoms with E-state index in [0.717, 1.165) is 36.8 Å². The van der Waals surface area contributed by atoms with E-state index in [0.29, 0.717) is 32.1 Å². The number of amides is 1. The van der Waals surface area contributed by atoms with Gasteiger partial charge in [-0.2, -0.15) is 0 Å². The van der Waals surface area contributed by atoms with Crippen molar-refractivity contribution in [3.05, 3.63) is 36.0 Å². The summed E-state index contributed by atoms with van der Waals surface area (Å²) in [7, 11) is 2.19. The van der Waals surface area contributed by atoms with Gasteiger partial charge in [-0.25, -0.2) is 4.79 Å². The number of fused-ring (bicyclic) bond motifs is 3. The number of ether oxygens (including phenoxy) is 5. The van der Waals surface area contributed by atoms with Gasteiger partial charge in [0.15, 0.2) is 0 Å². The number of carbonyl (C=O) groups excluding carboxylic acids is 4. The number of hydrogen-bond donors (Lipinski definition) is 1. The van der Waals surface area contributed by atoms with Crippen LogP contribution >= 0.6 is 15.9 Å². The Morgan fingerprint density at radius 3 is 2.13 bits per heavy atom. The Kier molecular flexibility index (Phi) is 21.4. The number of aliphatic hydroxyl groups is 1. The van der Waals surface area contributed by atoms with E-state index in [1.165, 1.54) is 4.90 Å².